The summed E-state index contributed by atoms with van der Waals surface area (Å²) in [6.45, 7) is 5.84. The van der Waals surface area contributed by atoms with Crippen molar-refractivity contribution in [1.82, 2.24) is 5.32 Å². The Morgan fingerprint density at radius 2 is 1.62 bits per heavy atom. The zero-order valence-electron chi connectivity index (χ0n) is 14.3. The highest BCUT2D eigenvalue weighted by Gasteiger charge is 2.49. The van der Waals surface area contributed by atoms with E-state index in [1.165, 1.54) is 20.8 Å². The number of nitrogens with one attached hydrogen (secondary N) is 1. The maximum atomic E-state index is 11.4. The van der Waals surface area contributed by atoms with Crippen LogP contribution in [0.25, 0.3) is 0 Å². The molecule has 0 saturated carbocycles. The standard InChI is InChI=1S/C15H25NO8/c1-5-6-16-12-14(23-10(4)19)13(22-9(3)18)11(24-15(12)20)7-21-8(2)17/h11-16,20H,5-7H2,1-4H3/t11?,12?,13-,14-,15+/m0/s1. The fourth-order valence-corrected chi connectivity index (χ4v) is 2.45. The molecule has 24 heavy (non-hydrogen) atoms. The lowest BCUT2D eigenvalue weighted by molar-refractivity contribution is -0.265. The van der Waals surface area contributed by atoms with Crippen LogP contribution >= 0.6 is 0 Å². The fraction of sp³-hybridized carbons (Fsp3) is 0.800. The van der Waals surface area contributed by atoms with E-state index >= 15 is 0 Å². The average Bonchev–Trinajstić information content (AvgIpc) is 2.46. The van der Waals surface area contributed by atoms with Gasteiger partial charge in [-0.05, 0) is 13.0 Å². The van der Waals surface area contributed by atoms with Gasteiger partial charge in [0.25, 0.3) is 0 Å². The summed E-state index contributed by atoms with van der Waals surface area (Å²) in [5.74, 6) is -1.76. The number of ether oxygens (including phenoxy) is 4. The van der Waals surface area contributed by atoms with Crippen LogP contribution in [0.5, 0.6) is 0 Å². The van der Waals surface area contributed by atoms with Gasteiger partial charge in [-0.3, -0.25) is 14.4 Å². The first kappa shape index (κ1) is 20.3. The van der Waals surface area contributed by atoms with Crippen molar-refractivity contribution in [2.24, 2.45) is 0 Å². The van der Waals surface area contributed by atoms with Gasteiger partial charge in [0, 0.05) is 20.8 Å². The molecule has 0 amide bonds. The van der Waals surface area contributed by atoms with Gasteiger partial charge in [0.05, 0.1) is 6.04 Å². The monoisotopic (exact) mass is 347 g/mol. The highest BCUT2D eigenvalue weighted by molar-refractivity contribution is 5.67. The molecule has 1 aliphatic heterocycles. The van der Waals surface area contributed by atoms with E-state index < -0.39 is 48.6 Å². The van der Waals surface area contributed by atoms with Crippen LogP contribution in [0.2, 0.25) is 0 Å². The van der Waals surface area contributed by atoms with Crippen molar-refractivity contribution >= 4 is 17.9 Å². The summed E-state index contributed by atoms with van der Waals surface area (Å²) in [6.07, 6.45) is -3.53. The summed E-state index contributed by atoms with van der Waals surface area (Å²) < 4.78 is 20.8. The number of aliphatic hydroxyl groups is 1. The summed E-state index contributed by atoms with van der Waals surface area (Å²) >= 11 is 0. The molecular formula is C15H25NO8. The Balaban J connectivity index is 3.04. The van der Waals surface area contributed by atoms with Crippen molar-refractivity contribution in [3.05, 3.63) is 0 Å². The van der Waals surface area contributed by atoms with Gasteiger partial charge in [-0.2, -0.15) is 0 Å². The number of carbonyl (C=O) groups excluding carboxylic acids is 3. The fourth-order valence-electron chi connectivity index (χ4n) is 2.45. The summed E-state index contributed by atoms with van der Waals surface area (Å²) in [7, 11) is 0. The van der Waals surface area contributed by atoms with Crippen molar-refractivity contribution in [3.8, 4) is 0 Å². The van der Waals surface area contributed by atoms with E-state index in [2.05, 4.69) is 5.32 Å². The molecule has 0 aromatic carbocycles. The summed E-state index contributed by atoms with van der Waals surface area (Å²) in [6, 6.07) is -0.785. The molecule has 1 rings (SSSR count). The Kier molecular flexibility index (Phi) is 8.09. The predicted molar refractivity (Wildman–Crippen MR) is 80.7 cm³/mol. The van der Waals surface area contributed by atoms with Gasteiger partial charge < -0.3 is 29.4 Å². The topological polar surface area (TPSA) is 120 Å². The molecule has 1 fully saturated rings. The third-order valence-corrected chi connectivity index (χ3v) is 3.35. The van der Waals surface area contributed by atoms with Crippen LogP contribution in [0, 0.1) is 0 Å². The first-order valence-electron chi connectivity index (χ1n) is 7.81. The van der Waals surface area contributed by atoms with Crippen LogP contribution in [0.1, 0.15) is 34.1 Å². The maximum absolute atomic E-state index is 11.4. The van der Waals surface area contributed by atoms with Gasteiger partial charge >= 0.3 is 17.9 Å². The molecular weight excluding hydrogens is 322 g/mol. The molecule has 5 atom stereocenters. The molecule has 1 saturated heterocycles. The molecule has 1 heterocycles. The average molecular weight is 347 g/mol. The lowest BCUT2D eigenvalue weighted by Gasteiger charge is -2.43. The molecule has 138 valence electrons. The smallest absolute Gasteiger partial charge is 0.303 e. The summed E-state index contributed by atoms with van der Waals surface area (Å²) in [4.78, 5) is 33.9. The SMILES string of the molecule is CCCNC1[C@H](O)OC(COC(C)=O)[C@H](OC(C)=O)[C@H]1OC(C)=O. The minimum Gasteiger partial charge on any atom is -0.463 e. The molecule has 0 aliphatic carbocycles. The Bertz CT molecular complexity index is 455. The van der Waals surface area contributed by atoms with Crippen LogP contribution in [-0.4, -0.2) is 66.8 Å². The van der Waals surface area contributed by atoms with Crippen molar-refractivity contribution in [1.29, 1.82) is 0 Å². The quantitative estimate of drug-likeness (QED) is 0.464. The molecule has 9 heteroatoms. The highest BCUT2D eigenvalue weighted by atomic mass is 16.7. The second kappa shape index (κ2) is 9.55. The van der Waals surface area contributed by atoms with Gasteiger partial charge in [-0.25, -0.2) is 0 Å². The highest BCUT2D eigenvalue weighted by Crippen LogP contribution is 2.26. The van der Waals surface area contributed by atoms with Crippen LogP contribution in [0.3, 0.4) is 0 Å². The van der Waals surface area contributed by atoms with E-state index in [9.17, 15) is 19.5 Å². The Morgan fingerprint density at radius 1 is 1.04 bits per heavy atom. The Morgan fingerprint density at radius 3 is 2.12 bits per heavy atom. The predicted octanol–water partition coefficient (Wildman–Crippen LogP) is -0.502. The molecule has 0 spiro atoms. The number of hydrogen-bond donors (Lipinski definition) is 2. The van der Waals surface area contributed by atoms with E-state index in [0.717, 1.165) is 6.42 Å². The third kappa shape index (κ3) is 6.06. The molecule has 0 radical (unpaired) electrons. The van der Waals surface area contributed by atoms with Gasteiger partial charge in [0.15, 0.2) is 18.5 Å². The number of aliphatic hydroxyl groups excluding tert-OH is 1. The maximum Gasteiger partial charge on any atom is 0.303 e. The van der Waals surface area contributed by atoms with Crippen LogP contribution in [-0.2, 0) is 33.3 Å². The molecule has 0 bridgehead atoms. The molecule has 0 aromatic rings. The van der Waals surface area contributed by atoms with Crippen molar-refractivity contribution < 1.29 is 38.4 Å². The Hall–Kier alpha value is -1.71. The van der Waals surface area contributed by atoms with Crippen LogP contribution in [0.15, 0.2) is 0 Å². The molecule has 1 aliphatic rings. The lowest BCUT2D eigenvalue weighted by atomic mass is 9.96. The largest absolute Gasteiger partial charge is 0.463 e. The second-order valence-corrected chi connectivity index (χ2v) is 5.50. The van der Waals surface area contributed by atoms with Gasteiger partial charge in [0.1, 0.15) is 12.7 Å². The third-order valence-electron chi connectivity index (χ3n) is 3.35. The zero-order valence-corrected chi connectivity index (χ0v) is 14.3. The van der Waals surface area contributed by atoms with E-state index in [1.807, 2.05) is 6.92 Å². The van der Waals surface area contributed by atoms with Gasteiger partial charge in [0.2, 0.25) is 0 Å². The van der Waals surface area contributed by atoms with E-state index in [-0.39, 0.29) is 6.61 Å². The minimum atomic E-state index is -1.33. The summed E-state index contributed by atoms with van der Waals surface area (Å²) in [5.41, 5.74) is 0. The molecule has 0 aromatic heterocycles. The van der Waals surface area contributed by atoms with Crippen LogP contribution < -0.4 is 5.32 Å². The number of carbonyl (C=O) groups is 3. The number of hydrogen-bond acceptors (Lipinski definition) is 9. The summed E-state index contributed by atoms with van der Waals surface area (Å²) in [5, 5.41) is 13.2. The second-order valence-electron chi connectivity index (χ2n) is 5.50. The normalized spacial score (nSPS) is 29.6. The van der Waals surface area contributed by atoms with Gasteiger partial charge in [-0.1, -0.05) is 6.92 Å². The molecule has 2 unspecified atom stereocenters. The van der Waals surface area contributed by atoms with E-state index in [1.54, 1.807) is 0 Å². The molecule has 2 N–H and O–H groups in total. The Labute approximate surface area is 140 Å². The van der Waals surface area contributed by atoms with Gasteiger partial charge in [-0.15, -0.1) is 0 Å². The number of esters is 3. The first-order chi connectivity index (χ1) is 11.3. The van der Waals surface area contributed by atoms with Crippen LogP contribution in [0.4, 0.5) is 0 Å². The van der Waals surface area contributed by atoms with Crippen molar-refractivity contribution in [3.63, 3.8) is 0 Å². The number of rotatable bonds is 7. The zero-order chi connectivity index (χ0) is 18.3. The molecule has 9 nitrogen and oxygen atoms in total. The first-order valence-corrected chi connectivity index (χ1v) is 7.81. The lowest BCUT2D eigenvalue weighted by Crippen LogP contribution is -2.65. The van der Waals surface area contributed by atoms with Crippen molar-refractivity contribution in [2.75, 3.05) is 13.2 Å². The van der Waals surface area contributed by atoms with E-state index in [4.69, 9.17) is 18.9 Å². The minimum absolute atomic E-state index is 0.247. The van der Waals surface area contributed by atoms with E-state index in [0.29, 0.717) is 6.54 Å². The van der Waals surface area contributed by atoms with Crippen molar-refractivity contribution in [2.45, 2.75) is 64.8 Å².